The van der Waals surface area contributed by atoms with Crippen LogP contribution in [0.2, 0.25) is 0 Å². The van der Waals surface area contributed by atoms with Crippen molar-refractivity contribution in [2.24, 2.45) is 0 Å². The van der Waals surface area contributed by atoms with Gasteiger partial charge >= 0.3 is 0 Å². The lowest BCUT2D eigenvalue weighted by atomic mass is 10.2. The van der Waals surface area contributed by atoms with E-state index in [0.29, 0.717) is 12.8 Å². The number of aromatic nitrogens is 2. The smallest absolute Gasteiger partial charge is 0.224 e. The Hall–Kier alpha value is -2.53. The lowest BCUT2D eigenvalue weighted by Crippen LogP contribution is -2.13. The number of pyridine rings is 1. The predicted octanol–water partition coefficient (Wildman–Crippen LogP) is 4.08. The number of amides is 1. The third-order valence-electron chi connectivity index (χ3n) is 3.46. The number of nitrogens with zero attached hydrogens (tertiary/aromatic N) is 2. The molecule has 0 spiro atoms. The normalized spacial score (nSPS) is 10.5. The van der Waals surface area contributed by atoms with Gasteiger partial charge in [-0.1, -0.05) is 24.3 Å². The summed E-state index contributed by atoms with van der Waals surface area (Å²) in [6.45, 7) is 1.98. The molecule has 0 bridgehead atoms. The van der Waals surface area contributed by atoms with E-state index >= 15 is 0 Å². The standard InChI is InChI=1S/C18H17N3OS/c1-13-6-2-3-7-14(13)20-17(22)9-10-18-21-16(12-23-18)15-8-4-5-11-19-15/h2-8,11-12H,9-10H2,1H3,(H,20,22). The van der Waals surface area contributed by atoms with Crippen molar-refractivity contribution >= 4 is 22.9 Å². The molecule has 1 amide bonds. The van der Waals surface area contributed by atoms with Crippen LogP contribution in [0, 0.1) is 6.92 Å². The maximum absolute atomic E-state index is 12.1. The van der Waals surface area contributed by atoms with Crippen molar-refractivity contribution in [3.8, 4) is 11.4 Å². The number of benzene rings is 1. The fourth-order valence-corrected chi connectivity index (χ4v) is 3.00. The Morgan fingerprint density at radius 3 is 2.74 bits per heavy atom. The van der Waals surface area contributed by atoms with Gasteiger partial charge in [0, 0.05) is 30.1 Å². The molecule has 0 fully saturated rings. The first-order valence-electron chi connectivity index (χ1n) is 7.43. The molecule has 116 valence electrons. The summed E-state index contributed by atoms with van der Waals surface area (Å²) >= 11 is 1.56. The number of nitrogens with one attached hydrogen (secondary N) is 1. The van der Waals surface area contributed by atoms with Crippen molar-refractivity contribution in [1.29, 1.82) is 0 Å². The van der Waals surface area contributed by atoms with Crippen LogP contribution in [-0.4, -0.2) is 15.9 Å². The Labute approximate surface area is 139 Å². The molecule has 0 unspecified atom stereocenters. The zero-order valence-electron chi connectivity index (χ0n) is 12.8. The maximum Gasteiger partial charge on any atom is 0.224 e. The summed E-state index contributed by atoms with van der Waals surface area (Å²) in [5.74, 6) is 0.00823. The van der Waals surface area contributed by atoms with Crippen LogP contribution >= 0.6 is 11.3 Å². The van der Waals surface area contributed by atoms with Gasteiger partial charge in [-0.05, 0) is 30.7 Å². The SMILES string of the molecule is Cc1ccccc1NC(=O)CCc1nc(-c2ccccn2)cs1. The summed E-state index contributed by atoms with van der Waals surface area (Å²) < 4.78 is 0. The molecule has 0 radical (unpaired) electrons. The van der Waals surface area contributed by atoms with Crippen molar-refractivity contribution in [2.75, 3.05) is 5.32 Å². The molecule has 0 aliphatic carbocycles. The maximum atomic E-state index is 12.1. The second kappa shape index (κ2) is 7.15. The molecular formula is C18H17N3OS. The number of carbonyl (C=O) groups is 1. The molecular weight excluding hydrogens is 306 g/mol. The summed E-state index contributed by atoms with van der Waals surface area (Å²) in [6, 6.07) is 13.5. The first-order valence-corrected chi connectivity index (χ1v) is 8.31. The van der Waals surface area contributed by atoms with Crippen LogP contribution in [0.4, 0.5) is 5.69 Å². The van der Waals surface area contributed by atoms with Crippen LogP contribution in [0.5, 0.6) is 0 Å². The van der Waals surface area contributed by atoms with Crippen molar-refractivity contribution in [2.45, 2.75) is 19.8 Å². The van der Waals surface area contributed by atoms with E-state index in [2.05, 4.69) is 15.3 Å². The average molecular weight is 323 g/mol. The number of aryl methyl sites for hydroxylation is 2. The van der Waals surface area contributed by atoms with E-state index in [0.717, 1.165) is 27.6 Å². The van der Waals surface area contributed by atoms with Crippen molar-refractivity contribution in [3.05, 3.63) is 64.6 Å². The fraction of sp³-hybridized carbons (Fsp3) is 0.167. The van der Waals surface area contributed by atoms with Crippen LogP contribution in [0.1, 0.15) is 17.0 Å². The van der Waals surface area contributed by atoms with Crippen LogP contribution in [0.15, 0.2) is 54.0 Å². The molecule has 0 aliphatic heterocycles. The highest BCUT2D eigenvalue weighted by molar-refractivity contribution is 7.09. The topological polar surface area (TPSA) is 54.9 Å². The predicted molar refractivity (Wildman–Crippen MR) is 93.5 cm³/mol. The second-order valence-electron chi connectivity index (χ2n) is 5.20. The first-order chi connectivity index (χ1) is 11.2. The van der Waals surface area contributed by atoms with Crippen molar-refractivity contribution in [3.63, 3.8) is 0 Å². The molecule has 2 aromatic heterocycles. The van der Waals surface area contributed by atoms with Gasteiger partial charge in [0.05, 0.1) is 16.4 Å². The molecule has 4 nitrogen and oxygen atoms in total. The number of anilines is 1. The summed E-state index contributed by atoms with van der Waals surface area (Å²) in [5.41, 5.74) is 3.66. The average Bonchev–Trinajstić information content (AvgIpc) is 3.05. The molecule has 3 rings (SSSR count). The molecule has 5 heteroatoms. The highest BCUT2D eigenvalue weighted by Gasteiger charge is 2.09. The quantitative estimate of drug-likeness (QED) is 0.769. The molecule has 0 aliphatic rings. The van der Waals surface area contributed by atoms with Crippen LogP contribution < -0.4 is 5.32 Å². The highest BCUT2D eigenvalue weighted by atomic mass is 32.1. The summed E-state index contributed by atoms with van der Waals surface area (Å²) in [6.07, 6.45) is 2.81. The van der Waals surface area contributed by atoms with E-state index in [1.54, 1.807) is 17.5 Å². The van der Waals surface area contributed by atoms with E-state index in [1.165, 1.54) is 0 Å². The lowest BCUT2D eigenvalue weighted by molar-refractivity contribution is -0.116. The van der Waals surface area contributed by atoms with Crippen LogP contribution in [-0.2, 0) is 11.2 Å². The Morgan fingerprint density at radius 1 is 1.13 bits per heavy atom. The largest absolute Gasteiger partial charge is 0.326 e. The van der Waals surface area contributed by atoms with E-state index in [9.17, 15) is 4.79 Å². The molecule has 0 saturated heterocycles. The Balaban J connectivity index is 1.58. The molecule has 0 saturated carbocycles. The van der Waals surface area contributed by atoms with Gasteiger partial charge in [-0.3, -0.25) is 9.78 Å². The minimum atomic E-state index is 0.00823. The molecule has 3 aromatic rings. The highest BCUT2D eigenvalue weighted by Crippen LogP contribution is 2.21. The zero-order valence-corrected chi connectivity index (χ0v) is 13.6. The molecule has 1 N–H and O–H groups in total. The van der Waals surface area contributed by atoms with Gasteiger partial charge in [-0.2, -0.15) is 0 Å². The van der Waals surface area contributed by atoms with Gasteiger partial charge in [0.15, 0.2) is 0 Å². The molecule has 1 aromatic carbocycles. The number of thiazole rings is 1. The fourth-order valence-electron chi connectivity index (χ4n) is 2.20. The number of hydrogen-bond acceptors (Lipinski definition) is 4. The van der Waals surface area contributed by atoms with Gasteiger partial charge in [-0.15, -0.1) is 11.3 Å². The van der Waals surface area contributed by atoms with Crippen molar-refractivity contribution < 1.29 is 4.79 Å². The van der Waals surface area contributed by atoms with Crippen molar-refractivity contribution in [1.82, 2.24) is 9.97 Å². The first kappa shape index (κ1) is 15.4. The molecule has 23 heavy (non-hydrogen) atoms. The second-order valence-corrected chi connectivity index (χ2v) is 6.15. The van der Waals surface area contributed by atoms with E-state index in [-0.39, 0.29) is 5.91 Å². The van der Waals surface area contributed by atoms with Gasteiger partial charge < -0.3 is 5.32 Å². The van der Waals surface area contributed by atoms with Gasteiger partial charge in [0.1, 0.15) is 0 Å². The number of para-hydroxylation sites is 1. The van der Waals surface area contributed by atoms with E-state index < -0.39 is 0 Å². The van der Waals surface area contributed by atoms with E-state index in [1.807, 2.05) is 54.8 Å². The Bertz CT molecular complexity index is 799. The zero-order chi connectivity index (χ0) is 16.1. The summed E-state index contributed by atoms with van der Waals surface area (Å²) in [7, 11) is 0. The van der Waals surface area contributed by atoms with Crippen LogP contribution in [0.3, 0.4) is 0 Å². The number of carbonyl (C=O) groups excluding carboxylic acids is 1. The monoisotopic (exact) mass is 323 g/mol. The van der Waals surface area contributed by atoms with Crippen LogP contribution in [0.25, 0.3) is 11.4 Å². The lowest BCUT2D eigenvalue weighted by Gasteiger charge is -2.07. The van der Waals surface area contributed by atoms with Gasteiger partial charge in [-0.25, -0.2) is 4.98 Å². The van der Waals surface area contributed by atoms with Gasteiger partial charge in [0.2, 0.25) is 5.91 Å². The van der Waals surface area contributed by atoms with Gasteiger partial charge in [0.25, 0.3) is 0 Å². The number of hydrogen-bond donors (Lipinski definition) is 1. The Morgan fingerprint density at radius 2 is 1.96 bits per heavy atom. The molecule has 2 heterocycles. The summed E-state index contributed by atoms with van der Waals surface area (Å²) in [4.78, 5) is 20.9. The third-order valence-corrected chi connectivity index (χ3v) is 4.37. The van der Waals surface area contributed by atoms with E-state index in [4.69, 9.17) is 0 Å². The molecule has 0 atom stereocenters. The number of rotatable bonds is 5. The third kappa shape index (κ3) is 4.02. The summed E-state index contributed by atoms with van der Waals surface area (Å²) in [5, 5.41) is 5.88. The minimum Gasteiger partial charge on any atom is -0.326 e. The Kier molecular flexibility index (Phi) is 4.78. The minimum absolute atomic E-state index is 0.00823.